The van der Waals surface area contributed by atoms with Crippen molar-refractivity contribution in [1.82, 2.24) is 0 Å². The molecule has 0 aromatic heterocycles. The van der Waals surface area contributed by atoms with Crippen LogP contribution in [0.15, 0.2) is 18.2 Å². The molecule has 0 bridgehead atoms. The summed E-state index contributed by atoms with van der Waals surface area (Å²) in [5.41, 5.74) is -0.0952. The molecule has 0 heterocycles. The SMILES string of the molecule is COc1ccc(OC)c(C(Br)C(F)(F)C(F)F)c1. The van der Waals surface area contributed by atoms with Crippen molar-refractivity contribution in [3.05, 3.63) is 23.8 Å². The number of alkyl halides is 5. The Morgan fingerprint density at radius 3 is 2.22 bits per heavy atom. The summed E-state index contributed by atoms with van der Waals surface area (Å²) < 4.78 is 60.9. The monoisotopic (exact) mass is 330 g/mol. The normalized spacial score (nSPS) is 13.6. The van der Waals surface area contributed by atoms with Crippen LogP contribution in [-0.2, 0) is 0 Å². The molecule has 0 radical (unpaired) electrons. The first kappa shape index (κ1) is 15.1. The van der Waals surface area contributed by atoms with Gasteiger partial charge in [0, 0.05) is 5.56 Å². The Hall–Kier alpha value is -0.980. The van der Waals surface area contributed by atoms with E-state index in [-0.39, 0.29) is 17.1 Å². The van der Waals surface area contributed by atoms with Gasteiger partial charge in [0.1, 0.15) is 16.3 Å². The fourth-order valence-corrected chi connectivity index (χ4v) is 1.91. The van der Waals surface area contributed by atoms with Gasteiger partial charge < -0.3 is 9.47 Å². The molecule has 7 heteroatoms. The third-order valence-electron chi connectivity index (χ3n) is 2.34. The lowest BCUT2D eigenvalue weighted by atomic mass is 10.1. The minimum absolute atomic E-state index is 0.0815. The van der Waals surface area contributed by atoms with E-state index in [9.17, 15) is 17.6 Å². The van der Waals surface area contributed by atoms with E-state index in [1.165, 1.54) is 32.4 Å². The van der Waals surface area contributed by atoms with Gasteiger partial charge in [0.2, 0.25) is 0 Å². The van der Waals surface area contributed by atoms with Crippen molar-refractivity contribution in [3.8, 4) is 11.5 Å². The summed E-state index contributed by atoms with van der Waals surface area (Å²) in [6, 6.07) is 4.10. The quantitative estimate of drug-likeness (QED) is 0.599. The van der Waals surface area contributed by atoms with Gasteiger partial charge in [-0.3, -0.25) is 0 Å². The summed E-state index contributed by atoms with van der Waals surface area (Å²) in [5.74, 6) is -3.85. The number of benzene rings is 1. The topological polar surface area (TPSA) is 18.5 Å². The van der Waals surface area contributed by atoms with Crippen LogP contribution in [0.5, 0.6) is 11.5 Å². The Morgan fingerprint density at radius 2 is 1.78 bits per heavy atom. The first-order valence-electron chi connectivity index (χ1n) is 4.86. The van der Waals surface area contributed by atoms with Gasteiger partial charge in [-0.2, -0.15) is 8.78 Å². The average molecular weight is 331 g/mol. The van der Waals surface area contributed by atoms with Gasteiger partial charge in [0.25, 0.3) is 0 Å². The van der Waals surface area contributed by atoms with Crippen molar-refractivity contribution >= 4 is 15.9 Å². The zero-order chi connectivity index (χ0) is 13.9. The zero-order valence-electron chi connectivity index (χ0n) is 9.59. The maximum atomic E-state index is 13.3. The highest BCUT2D eigenvalue weighted by atomic mass is 79.9. The Balaban J connectivity index is 3.21. The van der Waals surface area contributed by atoms with Gasteiger partial charge in [0.05, 0.1) is 14.2 Å². The number of methoxy groups -OCH3 is 2. The van der Waals surface area contributed by atoms with Crippen LogP contribution in [0.25, 0.3) is 0 Å². The fourth-order valence-electron chi connectivity index (χ4n) is 1.36. The molecule has 1 rings (SSSR count). The lowest BCUT2D eigenvalue weighted by Crippen LogP contribution is -2.31. The Morgan fingerprint density at radius 1 is 1.17 bits per heavy atom. The van der Waals surface area contributed by atoms with Crippen LogP contribution in [0.1, 0.15) is 10.4 Å². The molecule has 18 heavy (non-hydrogen) atoms. The van der Waals surface area contributed by atoms with Crippen LogP contribution < -0.4 is 9.47 Å². The predicted octanol–water partition coefficient (Wildman–Crippen LogP) is 4.04. The van der Waals surface area contributed by atoms with Gasteiger partial charge in [-0.25, -0.2) is 8.78 Å². The van der Waals surface area contributed by atoms with E-state index < -0.39 is 17.2 Å². The van der Waals surface area contributed by atoms with Gasteiger partial charge >= 0.3 is 12.3 Å². The Labute approximate surface area is 110 Å². The van der Waals surface area contributed by atoms with E-state index in [0.717, 1.165) is 0 Å². The van der Waals surface area contributed by atoms with Crippen molar-refractivity contribution in [2.45, 2.75) is 17.2 Å². The van der Waals surface area contributed by atoms with Crippen molar-refractivity contribution in [3.63, 3.8) is 0 Å². The standard InChI is InChI=1S/C11H11BrF4O2/c1-17-6-3-4-8(18-2)7(5-6)9(12)11(15,16)10(13)14/h3-5,9-10H,1-2H3. The molecule has 0 spiro atoms. The molecule has 1 unspecified atom stereocenters. The van der Waals surface area contributed by atoms with Crippen LogP contribution in [0, 0.1) is 0 Å². The van der Waals surface area contributed by atoms with E-state index in [2.05, 4.69) is 15.9 Å². The summed E-state index contributed by atoms with van der Waals surface area (Å²) in [6.45, 7) is 0. The molecule has 2 nitrogen and oxygen atoms in total. The minimum Gasteiger partial charge on any atom is -0.497 e. The second-order valence-corrected chi connectivity index (χ2v) is 4.36. The lowest BCUT2D eigenvalue weighted by Gasteiger charge is -2.23. The molecule has 0 aliphatic heterocycles. The average Bonchev–Trinajstić information content (AvgIpc) is 2.36. The van der Waals surface area contributed by atoms with Gasteiger partial charge in [0.15, 0.2) is 0 Å². The predicted molar refractivity (Wildman–Crippen MR) is 62.2 cm³/mol. The molecule has 0 fully saturated rings. The Kier molecular flexibility index (Phi) is 4.84. The van der Waals surface area contributed by atoms with Crippen LogP contribution in [0.3, 0.4) is 0 Å². The highest BCUT2D eigenvalue weighted by Crippen LogP contribution is 2.46. The van der Waals surface area contributed by atoms with Crippen molar-refractivity contribution < 1.29 is 27.0 Å². The summed E-state index contributed by atoms with van der Waals surface area (Å²) >= 11 is 2.60. The van der Waals surface area contributed by atoms with Crippen molar-refractivity contribution in [2.75, 3.05) is 14.2 Å². The third kappa shape index (κ3) is 2.88. The lowest BCUT2D eigenvalue weighted by molar-refractivity contribution is -0.128. The first-order chi connectivity index (χ1) is 8.34. The van der Waals surface area contributed by atoms with Gasteiger partial charge in [-0.15, -0.1) is 0 Å². The number of hydrogen-bond donors (Lipinski definition) is 0. The van der Waals surface area contributed by atoms with Crippen LogP contribution in [0.4, 0.5) is 17.6 Å². The molecule has 0 aliphatic carbocycles. The summed E-state index contributed by atoms with van der Waals surface area (Å²) in [6.07, 6.45) is -3.78. The largest absolute Gasteiger partial charge is 0.497 e. The maximum absolute atomic E-state index is 13.3. The first-order valence-corrected chi connectivity index (χ1v) is 5.78. The van der Waals surface area contributed by atoms with E-state index in [4.69, 9.17) is 9.47 Å². The number of ether oxygens (including phenoxy) is 2. The molecular weight excluding hydrogens is 320 g/mol. The van der Waals surface area contributed by atoms with Gasteiger partial charge in [-0.1, -0.05) is 15.9 Å². The van der Waals surface area contributed by atoms with Crippen molar-refractivity contribution in [1.29, 1.82) is 0 Å². The highest BCUT2D eigenvalue weighted by molar-refractivity contribution is 9.09. The van der Waals surface area contributed by atoms with E-state index in [1.54, 1.807) is 0 Å². The van der Waals surface area contributed by atoms with Gasteiger partial charge in [-0.05, 0) is 18.2 Å². The summed E-state index contributed by atoms with van der Waals surface area (Å²) in [4.78, 5) is -1.87. The second-order valence-electron chi connectivity index (χ2n) is 3.45. The van der Waals surface area contributed by atoms with Crippen LogP contribution >= 0.6 is 15.9 Å². The smallest absolute Gasteiger partial charge is 0.323 e. The molecule has 0 saturated heterocycles. The van der Waals surface area contributed by atoms with Crippen LogP contribution in [0.2, 0.25) is 0 Å². The maximum Gasteiger partial charge on any atom is 0.323 e. The number of hydrogen-bond acceptors (Lipinski definition) is 2. The zero-order valence-corrected chi connectivity index (χ0v) is 11.2. The van der Waals surface area contributed by atoms with Crippen LogP contribution in [-0.4, -0.2) is 26.6 Å². The van der Waals surface area contributed by atoms with E-state index in [1.807, 2.05) is 0 Å². The molecule has 1 aromatic carbocycles. The molecule has 1 atom stereocenters. The molecule has 102 valence electrons. The third-order valence-corrected chi connectivity index (χ3v) is 3.44. The number of rotatable bonds is 5. The number of halogens is 5. The minimum atomic E-state index is -4.21. The molecule has 0 saturated carbocycles. The van der Waals surface area contributed by atoms with E-state index in [0.29, 0.717) is 0 Å². The fraction of sp³-hybridized carbons (Fsp3) is 0.455. The second kappa shape index (κ2) is 5.77. The molecule has 0 N–H and O–H groups in total. The molecule has 1 aromatic rings. The van der Waals surface area contributed by atoms with E-state index >= 15 is 0 Å². The summed E-state index contributed by atoms with van der Waals surface area (Å²) in [5, 5.41) is 0. The molecule has 0 amide bonds. The Bertz CT molecular complexity index is 412. The summed E-state index contributed by atoms with van der Waals surface area (Å²) in [7, 11) is 2.62. The van der Waals surface area contributed by atoms with Crippen molar-refractivity contribution in [2.24, 2.45) is 0 Å². The molecular formula is C11H11BrF4O2. The highest BCUT2D eigenvalue weighted by Gasteiger charge is 2.49. The molecule has 0 aliphatic rings.